The predicted octanol–water partition coefficient (Wildman–Crippen LogP) is 4.32. The van der Waals surface area contributed by atoms with Crippen molar-refractivity contribution in [1.82, 2.24) is 0 Å². The monoisotopic (exact) mass is 303 g/mol. The van der Waals surface area contributed by atoms with Gasteiger partial charge in [-0.05, 0) is 17.0 Å². The van der Waals surface area contributed by atoms with Crippen LogP contribution >= 0.6 is 0 Å². The number of amides is 1. The van der Waals surface area contributed by atoms with E-state index in [-0.39, 0.29) is 11.8 Å². The fourth-order valence-corrected chi connectivity index (χ4v) is 3.44. The van der Waals surface area contributed by atoms with Crippen LogP contribution in [-0.2, 0) is 4.79 Å². The van der Waals surface area contributed by atoms with Gasteiger partial charge >= 0.3 is 0 Å². The molecule has 0 unspecified atom stereocenters. The lowest BCUT2D eigenvalue weighted by molar-refractivity contribution is -0.116. The zero-order chi connectivity index (χ0) is 15.8. The van der Waals surface area contributed by atoms with Crippen LogP contribution < -0.4 is 10.1 Å². The first-order chi connectivity index (χ1) is 11.3. The molecule has 0 spiro atoms. The minimum Gasteiger partial charge on any atom is -0.496 e. The second kappa shape index (κ2) is 5.43. The lowest BCUT2D eigenvalue weighted by Gasteiger charge is -2.28. The van der Waals surface area contributed by atoms with E-state index in [1.165, 1.54) is 0 Å². The van der Waals surface area contributed by atoms with Gasteiger partial charge < -0.3 is 10.1 Å². The van der Waals surface area contributed by atoms with Crippen LogP contribution in [0, 0.1) is 0 Å². The lowest BCUT2D eigenvalue weighted by Crippen LogP contribution is -2.24. The number of hydrogen-bond donors (Lipinski definition) is 1. The number of anilines is 1. The number of carbonyl (C=O) groups excluding carboxylic acids is 1. The standard InChI is InChI=1S/C20H17NO2/c1-23-18-9-5-4-8-15(18)17-12-19(22)21-20-14-7-3-2-6-13(14)10-11-16(17)20/h2-11,17H,12H2,1H3,(H,21,22)/t17-/m1/s1. The Morgan fingerprint density at radius 3 is 2.61 bits per heavy atom. The van der Waals surface area contributed by atoms with Crippen LogP contribution in [0.2, 0.25) is 0 Å². The van der Waals surface area contributed by atoms with Crippen molar-refractivity contribution in [3.05, 3.63) is 71.8 Å². The number of benzene rings is 3. The van der Waals surface area contributed by atoms with Gasteiger partial charge in [-0.15, -0.1) is 0 Å². The zero-order valence-electron chi connectivity index (χ0n) is 12.9. The molecule has 0 aliphatic carbocycles. The number of para-hydroxylation sites is 1. The van der Waals surface area contributed by atoms with Gasteiger partial charge in [-0.1, -0.05) is 54.6 Å². The number of methoxy groups -OCH3 is 1. The van der Waals surface area contributed by atoms with Crippen molar-refractivity contribution in [3.8, 4) is 5.75 Å². The fraction of sp³-hybridized carbons (Fsp3) is 0.150. The summed E-state index contributed by atoms with van der Waals surface area (Å²) in [7, 11) is 1.67. The molecule has 114 valence electrons. The van der Waals surface area contributed by atoms with E-state index in [0.717, 1.165) is 33.3 Å². The van der Waals surface area contributed by atoms with Crippen molar-refractivity contribution >= 4 is 22.4 Å². The lowest BCUT2D eigenvalue weighted by atomic mass is 9.83. The molecule has 3 aromatic rings. The third-order valence-electron chi connectivity index (χ3n) is 4.50. The van der Waals surface area contributed by atoms with Crippen molar-refractivity contribution in [2.45, 2.75) is 12.3 Å². The molecule has 0 fully saturated rings. The summed E-state index contributed by atoms with van der Waals surface area (Å²) in [4.78, 5) is 12.3. The SMILES string of the molecule is COc1ccccc1[C@H]1CC(=O)Nc2c1ccc1ccccc21. The van der Waals surface area contributed by atoms with Gasteiger partial charge in [0.1, 0.15) is 5.75 Å². The minimum atomic E-state index is 0.0134. The van der Waals surface area contributed by atoms with Crippen molar-refractivity contribution in [1.29, 1.82) is 0 Å². The topological polar surface area (TPSA) is 38.3 Å². The predicted molar refractivity (Wildman–Crippen MR) is 92.0 cm³/mol. The minimum absolute atomic E-state index is 0.0134. The molecule has 1 aliphatic heterocycles. The van der Waals surface area contributed by atoms with Gasteiger partial charge in [0.05, 0.1) is 12.8 Å². The average Bonchev–Trinajstić information content (AvgIpc) is 2.61. The van der Waals surface area contributed by atoms with E-state index in [1.807, 2.05) is 36.4 Å². The maximum Gasteiger partial charge on any atom is 0.225 e. The summed E-state index contributed by atoms with van der Waals surface area (Å²) < 4.78 is 5.50. The molecule has 0 saturated carbocycles. The van der Waals surface area contributed by atoms with Gasteiger partial charge in [0, 0.05) is 23.3 Å². The van der Waals surface area contributed by atoms with Crippen LogP contribution in [0.15, 0.2) is 60.7 Å². The zero-order valence-corrected chi connectivity index (χ0v) is 12.9. The first-order valence-electron chi connectivity index (χ1n) is 7.72. The van der Waals surface area contributed by atoms with Crippen molar-refractivity contribution in [2.24, 2.45) is 0 Å². The second-order valence-corrected chi connectivity index (χ2v) is 5.80. The van der Waals surface area contributed by atoms with E-state index in [9.17, 15) is 4.79 Å². The highest BCUT2D eigenvalue weighted by molar-refractivity contribution is 6.06. The molecule has 3 aromatic carbocycles. The molecule has 1 atom stereocenters. The number of fused-ring (bicyclic) bond motifs is 3. The third kappa shape index (κ3) is 2.25. The summed E-state index contributed by atoms with van der Waals surface area (Å²) >= 11 is 0. The number of rotatable bonds is 2. The normalized spacial score (nSPS) is 16.7. The average molecular weight is 303 g/mol. The van der Waals surface area contributed by atoms with E-state index in [0.29, 0.717) is 6.42 Å². The van der Waals surface area contributed by atoms with Crippen LogP contribution in [-0.4, -0.2) is 13.0 Å². The molecule has 0 saturated heterocycles. The largest absolute Gasteiger partial charge is 0.496 e. The van der Waals surface area contributed by atoms with Gasteiger partial charge in [-0.2, -0.15) is 0 Å². The van der Waals surface area contributed by atoms with E-state index in [1.54, 1.807) is 7.11 Å². The Hall–Kier alpha value is -2.81. The van der Waals surface area contributed by atoms with Crippen molar-refractivity contribution < 1.29 is 9.53 Å². The molecule has 23 heavy (non-hydrogen) atoms. The Balaban J connectivity index is 1.95. The molecule has 3 nitrogen and oxygen atoms in total. The van der Waals surface area contributed by atoms with Crippen LogP contribution in [0.1, 0.15) is 23.5 Å². The van der Waals surface area contributed by atoms with Crippen molar-refractivity contribution in [3.63, 3.8) is 0 Å². The van der Waals surface area contributed by atoms with E-state index in [2.05, 4.69) is 29.6 Å². The van der Waals surface area contributed by atoms with Crippen LogP contribution in [0.5, 0.6) is 5.75 Å². The molecule has 0 bridgehead atoms. The van der Waals surface area contributed by atoms with E-state index >= 15 is 0 Å². The Labute approximate surface area is 134 Å². The first kappa shape index (κ1) is 13.8. The summed E-state index contributed by atoms with van der Waals surface area (Å²) in [5, 5.41) is 5.27. The van der Waals surface area contributed by atoms with Crippen LogP contribution in [0.25, 0.3) is 10.8 Å². The number of ether oxygens (including phenoxy) is 1. The second-order valence-electron chi connectivity index (χ2n) is 5.80. The molecule has 0 radical (unpaired) electrons. The van der Waals surface area contributed by atoms with E-state index in [4.69, 9.17) is 4.74 Å². The number of nitrogens with one attached hydrogen (secondary N) is 1. The summed E-state index contributed by atoms with van der Waals surface area (Å²) in [6.07, 6.45) is 0.436. The Bertz CT molecular complexity index is 901. The summed E-state index contributed by atoms with van der Waals surface area (Å²) in [5.41, 5.74) is 3.13. The highest BCUT2D eigenvalue weighted by Gasteiger charge is 2.29. The maximum atomic E-state index is 12.3. The summed E-state index contributed by atoms with van der Waals surface area (Å²) in [5.74, 6) is 0.885. The smallest absolute Gasteiger partial charge is 0.225 e. The molecule has 1 amide bonds. The molecule has 1 N–H and O–H groups in total. The number of hydrogen-bond acceptors (Lipinski definition) is 2. The van der Waals surface area contributed by atoms with Crippen LogP contribution in [0.3, 0.4) is 0 Å². The molecule has 4 rings (SSSR count). The molecule has 0 aromatic heterocycles. The quantitative estimate of drug-likeness (QED) is 0.765. The van der Waals surface area contributed by atoms with Gasteiger partial charge in [0.25, 0.3) is 0 Å². The third-order valence-corrected chi connectivity index (χ3v) is 4.50. The first-order valence-corrected chi connectivity index (χ1v) is 7.72. The molecule has 1 heterocycles. The van der Waals surface area contributed by atoms with Crippen molar-refractivity contribution in [2.75, 3.05) is 12.4 Å². The van der Waals surface area contributed by atoms with Gasteiger partial charge in [-0.3, -0.25) is 4.79 Å². The summed E-state index contributed by atoms with van der Waals surface area (Å²) in [6.45, 7) is 0. The Kier molecular flexibility index (Phi) is 3.27. The van der Waals surface area contributed by atoms with Crippen LogP contribution in [0.4, 0.5) is 5.69 Å². The van der Waals surface area contributed by atoms with Gasteiger partial charge in [0.2, 0.25) is 5.91 Å². The van der Waals surface area contributed by atoms with Gasteiger partial charge in [-0.25, -0.2) is 0 Å². The molecule has 3 heteroatoms. The number of carbonyl (C=O) groups is 1. The summed E-state index contributed by atoms with van der Waals surface area (Å²) in [6, 6.07) is 20.3. The maximum absolute atomic E-state index is 12.3. The van der Waals surface area contributed by atoms with Gasteiger partial charge in [0.15, 0.2) is 0 Å². The van der Waals surface area contributed by atoms with E-state index < -0.39 is 0 Å². The molecule has 1 aliphatic rings. The highest BCUT2D eigenvalue weighted by atomic mass is 16.5. The Morgan fingerprint density at radius 2 is 1.74 bits per heavy atom. The Morgan fingerprint density at radius 1 is 0.957 bits per heavy atom. The molecular weight excluding hydrogens is 286 g/mol. The molecular formula is C20H17NO2. The highest BCUT2D eigenvalue weighted by Crippen LogP contribution is 2.43. The fourth-order valence-electron chi connectivity index (χ4n) is 3.44.